The molecule has 38 heavy (non-hydrogen) atoms. The predicted octanol–water partition coefficient (Wildman–Crippen LogP) is 3.21. The van der Waals surface area contributed by atoms with Crippen LogP contribution in [0.2, 0.25) is 0 Å². The molecule has 0 spiro atoms. The maximum Gasteiger partial charge on any atom is 0.312 e. The van der Waals surface area contributed by atoms with Crippen molar-refractivity contribution < 1.29 is 40.2 Å². The van der Waals surface area contributed by atoms with Crippen LogP contribution in [0, 0.1) is 50.7 Å². The highest BCUT2D eigenvalue weighted by Gasteiger charge is 2.73. The van der Waals surface area contributed by atoms with E-state index in [1.165, 1.54) is 0 Å². The summed E-state index contributed by atoms with van der Waals surface area (Å²) in [6, 6.07) is 0. The van der Waals surface area contributed by atoms with Gasteiger partial charge in [0.1, 0.15) is 0 Å². The maximum atomic E-state index is 12.9. The highest BCUT2D eigenvalue weighted by molar-refractivity contribution is 5.77. The molecule has 5 aliphatic carbocycles. The Hall–Kier alpha value is -1.48. The first kappa shape index (κ1) is 28.1. The zero-order chi connectivity index (χ0) is 28.3. The van der Waals surface area contributed by atoms with E-state index in [1.54, 1.807) is 13.8 Å². The van der Waals surface area contributed by atoms with E-state index in [-0.39, 0.29) is 23.9 Å². The molecule has 2 unspecified atom stereocenters. The van der Waals surface area contributed by atoms with E-state index >= 15 is 0 Å². The molecular formula is C30H46O8. The van der Waals surface area contributed by atoms with Crippen LogP contribution < -0.4 is 0 Å². The minimum absolute atomic E-state index is 0.0165. The van der Waals surface area contributed by atoms with Gasteiger partial charge in [0.2, 0.25) is 0 Å². The number of carbonyl (C=O) groups is 2. The van der Waals surface area contributed by atoms with Crippen molar-refractivity contribution in [3.8, 4) is 0 Å². The second-order valence-electron chi connectivity index (χ2n) is 14.6. The molecule has 214 valence electrons. The first-order chi connectivity index (χ1) is 17.5. The third-order valence-corrected chi connectivity index (χ3v) is 13.5. The largest absolute Gasteiger partial charge is 0.481 e. The number of aliphatic hydroxyl groups excluding tert-OH is 3. The molecule has 4 saturated carbocycles. The maximum absolute atomic E-state index is 12.9. The molecule has 6 N–H and O–H groups in total. The molecule has 8 nitrogen and oxygen atoms in total. The molecule has 0 radical (unpaired) electrons. The molecule has 0 aliphatic heterocycles. The number of allylic oxidation sites excluding steroid dienone is 1. The SMILES string of the molecule is CC1(C(=O)O)C2CC[C@]3(C)[C@H](CC=C4[C@H]5[C@](C(=O)O)(CC[C@@H](CO)[C@@]5(C)O)CC[C@]43C)[C@@]2(C)C[C@@H](O)[C@@H]1O. The molecule has 0 aromatic heterocycles. The van der Waals surface area contributed by atoms with Crippen molar-refractivity contribution in [2.75, 3.05) is 6.61 Å². The van der Waals surface area contributed by atoms with Crippen LogP contribution in [-0.2, 0) is 9.59 Å². The van der Waals surface area contributed by atoms with Crippen molar-refractivity contribution in [2.24, 2.45) is 50.7 Å². The van der Waals surface area contributed by atoms with Gasteiger partial charge in [-0.2, -0.15) is 0 Å². The summed E-state index contributed by atoms with van der Waals surface area (Å²) in [5.41, 5.74) is -4.26. The summed E-state index contributed by atoms with van der Waals surface area (Å²) in [6.45, 7) is 9.61. The van der Waals surface area contributed by atoms with Crippen molar-refractivity contribution in [2.45, 2.75) is 104 Å². The number of carboxylic acid groups (broad SMARTS) is 2. The number of aliphatic carboxylic acids is 2. The Kier molecular flexibility index (Phi) is 6.11. The van der Waals surface area contributed by atoms with Crippen LogP contribution in [0.25, 0.3) is 0 Å². The zero-order valence-corrected chi connectivity index (χ0v) is 23.4. The second kappa shape index (κ2) is 8.27. The lowest BCUT2D eigenvalue weighted by Gasteiger charge is -2.71. The van der Waals surface area contributed by atoms with Gasteiger partial charge in [0.05, 0.1) is 28.6 Å². The second-order valence-corrected chi connectivity index (χ2v) is 14.6. The third kappa shape index (κ3) is 3.06. The molecule has 0 saturated heterocycles. The molecule has 8 heteroatoms. The van der Waals surface area contributed by atoms with Crippen LogP contribution in [0.1, 0.15) is 86.0 Å². The fourth-order valence-electron chi connectivity index (χ4n) is 11.1. The molecular weight excluding hydrogens is 488 g/mol. The number of rotatable bonds is 3. The minimum atomic E-state index is -1.47. The Bertz CT molecular complexity index is 1070. The van der Waals surface area contributed by atoms with Crippen molar-refractivity contribution in [1.29, 1.82) is 0 Å². The molecule has 0 heterocycles. The van der Waals surface area contributed by atoms with E-state index < -0.39 is 63.2 Å². The predicted molar refractivity (Wildman–Crippen MR) is 139 cm³/mol. The first-order valence-electron chi connectivity index (χ1n) is 14.3. The summed E-state index contributed by atoms with van der Waals surface area (Å²) in [5.74, 6) is -3.30. The zero-order valence-electron chi connectivity index (χ0n) is 23.4. The number of hydrogen-bond donors (Lipinski definition) is 6. The highest BCUT2D eigenvalue weighted by atomic mass is 16.4. The molecule has 5 rings (SSSR count). The van der Waals surface area contributed by atoms with Crippen molar-refractivity contribution in [3.05, 3.63) is 11.6 Å². The number of aliphatic hydroxyl groups is 4. The van der Waals surface area contributed by atoms with Gasteiger partial charge < -0.3 is 30.6 Å². The lowest BCUT2D eigenvalue weighted by atomic mass is 9.33. The Morgan fingerprint density at radius 1 is 0.921 bits per heavy atom. The van der Waals surface area contributed by atoms with Gasteiger partial charge in [0.15, 0.2) is 0 Å². The van der Waals surface area contributed by atoms with Gasteiger partial charge in [-0.05, 0) is 93.3 Å². The van der Waals surface area contributed by atoms with E-state index in [0.717, 1.165) is 12.0 Å². The van der Waals surface area contributed by atoms with Crippen LogP contribution in [0.3, 0.4) is 0 Å². The van der Waals surface area contributed by atoms with Gasteiger partial charge in [0.25, 0.3) is 0 Å². The lowest BCUT2D eigenvalue weighted by Crippen LogP contribution is -2.70. The van der Waals surface area contributed by atoms with Gasteiger partial charge in [-0.3, -0.25) is 9.59 Å². The van der Waals surface area contributed by atoms with Gasteiger partial charge in [0, 0.05) is 18.4 Å². The normalized spacial score (nSPS) is 56.0. The topological polar surface area (TPSA) is 156 Å². The smallest absolute Gasteiger partial charge is 0.312 e. The van der Waals surface area contributed by atoms with Gasteiger partial charge in [-0.15, -0.1) is 0 Å². The summed E-state index contributed by atoms with van der Waals surface area (Å²) in [7, 11) is 0. The van der Waals surface area contributed by atoms with Crippen molar-refractivity contribution in [1.82, 2.24) is 0 Å². The van der Waals surface area contributed by atoms with Crippen LogP contribution in [0.4, 0.5) is 0 Å². The average Bonchev–Trinajstić information content (AvgIpc) is 2.82. The monoisotopic (exact) mass is 534 g/mol. The molecule has 0 aromatic carbocycles. The lowest BCUT2D eigenvalue weighted by molar-refractivity contribution is -0.244. The molecule has 0 aromatic rings. The Labute approximate surface area is 225 Å². The molecule has 4 fully saturated rings. The van der Waals surface area contributed by atoms with Crippen LogP contribution >= 0.6 is 0 Å². The molecule has 12 atom stereocenters. The summed E-state index contributed by atoms with van der Waals surface area (Å²) in [6.07, 6.45) is 3.83. The summed E-state index contributed by atoms with van der Waals surface area (Å²) >= 11 is 0. The number of fused-ring (bicyclic) bond motifs is 7. The molecule has 0 amide bonds. The fourth-order valence-corrected chi connectivity index (χ4v) is 11.1. The van der Waals surface area contributed by atoms with E-state index in [2.05, 4.69) is 26.8 Å². The van der Waals surface area contributed by atoms with Crippen LogP contribution in [-0.4, -0.2) is 67.0 Å². The van der Waals surface area contributed by atoms with E-state index in [9.17, 15) is 40.2 Å². The molecule has 5 aliphatic rings. The van der Waals surface area contributed by atoms with Gasteiger partial charge in [-0.1, -0.05) is 32.4 Å². The summed E-state index contributed by atoms with van der Waals surface area (Å²) in [5, 5.41) is 64.7. The number of carboxylic acids is 2. The fraction of sp³-hybridized carbons (Fsp3) is 0.867. The van der Waals surface area contributed by atoms with Crippen LogP contribution in [0.5, 0.6) is 0 Å². The minimum Gasteiger partial charge on any atom is -0.481 e. The quantitative estimate of drug-likeness (QED) is 0.302. The Morgan fingerprint density at radius 3 is 2.16 bits per heavy atom. The Balaban J connectivity index is 1.66. The summed E-state index contributed by atoms with van der Waals surface area (Å²) < 4.78 is 0. The van der Waals surface area contributed by atoms with E-state index in [1.807, 2.05) is 0 Å². The van der Waals surface area contributed by atoms with E-state index in [0.29, 0.717) is 44.9 Å². The third-order valence-electron chi connectivity index (χ3n) is 13.5. The molecule has 0 bridgehead atoms. The van der Waals surface area contributed by atoms with E-state index in [4.69, 9.17) is 0 Å². The highest BCUT2D eigenvalue weighted by Crippen LogP contribution is 2.76. The standard InChI is InChI=1S/C30H46O8/c1-25-14-18(32)22(33)28(4,23(34)35)20(25)9-10-27(3)19(25)7-6-17-21-29(5,38)16(15-31)8-11-30(21,24(36)37)13-12-26(17,27)2/h6,16,18-22,31-33,38H,7-15H2,1-5H3,(H,34,35)(H,36,37)/t16-,18+,19+,20?,21+,22-,25+,26+,27+,28?,29+,30-/m0/s1. The van der Waals surface area contributed by atoms with Gasteiger partial charge >= 0.3 is 11.9 Å². The Morgan fingerprint density at radius 2 is 1.58 bits per heavy atom. The average molecular weight is 535 g/mol. The van der Waals surface area contributed by atoms with Crippen molar-refractivity contribution in [3.63, 3.8) is 0 Å². The van der Waals surface area contributed by atoms with Gasteiger partial charge in [-0.25, -0.2) is 0 Å². The first-order valence-corrected chi connectivity index (χ1v) is 14.3. The van der Waals surface area contributed by atoms with Crippen molar-refractivity contribution >= 4 is 11.9 Å². The van der Waals surface area contributed by atoms with Crippen LogP contribution in [0.15, 0.2) is 11.6 Å². The summed E-state index contributed by atoms with van der Waals surface area (Å²) in [4.78, 5) is 25.4. The number of hydrogen-bond acceptors (Lipinski definition) is 6.